The summed E-state index contributed by atoms with van der Waals surface area (Å²) in [6.07, 6.45) is 13.1. The highest BCUT2D eigenvalue weighted by atomic mass is 16.4. The minimum Gasteiger partial charge on any atom is -0.411 e. The molecule has 2 saturated carbocycles. The fraction of sp³-hybridized carbons (Fsp3) is 0.667. The molecule has 0 aromatic heterocycles. The van der Waals surface area contributed by atoms with Gasteiger partial charge >= 0.3 is 0 Å². The third-order valence-electron chi connectivity index (χ3n) is 7.66. The number of hydrogen-bond donors (Lipinski definition) is 2. The van der Waals surface area contributed by atoms with E-state index in [2.05, 4.69) is 37.2 Å². The maximum Gasteiger partial charge on any atom is 0.0805 e. The number of aliphatic hydroxyl groups excluding tert-OH is 1. The number of fused-ring (bicyclic) bond motifs is 5. The summed E-state index contributed by atoms with van der Waals surface area (Å²) in [6, 6.07) is 0. The summed E-state index contributed by atoms with van der Waals surface area (Å²) >= 11 is 0. The van der Waals surface area contributed by atoms with Gasteiger partial charge in [-0.05, 0) is 68.3 Å². The third kappa shape index (κ3) is 2.03. The molecule has 0 radical (unpaired) electrons. The van der Waals surface area contributed by atoms with Crippen molar-refractivity contribution in [2.45, 2.75) is 65.4 Å². The average Bonchev–Trinajstić information content (AvgIpc) is 2.92. The van der Waals surface area contributed by atoms with Crippen LogP contribution in [0.2, 0.25) is 0 Å². The monoisotopic (exact) mass is 327 g/mol. The zero-order valence-electron chi connectivity index (χ0n) is 15.0. The minimum absolute atomic E-state index is 0.0351. The Morgan fingerprint density at radius 1 is 1.21 bits per heavy atom. The molecule has 0 saturated heterocycles. The van der Waals surface area contributed by atoms with Crippen LogP contribution in [0, 0.1) is 22.7 Å². The lowest BCUT2D eigenvalue weighted by Gasteiger charge is -2.56. The number of nitrogens with zero attached hydrogens (tertiary/aromatic N) is 1. The first kappa shape index (κ1) is 16.1. The lowest BCUT2D eigenvalue weighted by Crippen LogP contribution is -2.47. The fourth-order valence-electron chi connectivity index (χ4n) is 6.22. The first-order valence-electron chi connectivity index (χ1n) is 9.39. The van der Waals surface area contributed by atoms with E-state index in [0.717, 1.165) is 37.8 Å². The van der Waals surface area contributed by atoms with Crippen LogP contribution in [0.1, 0.15) is 59.3 Å². The van der Waals surface area contributed by atoms with E-state index in [1.165, 1.54) is 17.6 Å². The molecule has 130 valence electrons. The number of rotatable bonds is 1. The third-order valence-corrected chi connectivity index (χ3v) is 7.66. The molecule has 2 N–H and O–H groups in total. The Balaban J connectivity index is 1.69. The van der Waals surface area contributed by atoms with E-state index in [9.17, 15) is 10.3 Å². The fourth-order valence-corrected chi connectivity index (χ4v) is 6.22. The van der Waals surface area contributed by atoms with Crippen molar-refractivity contribution in [3.05, 3.63) is 34.9 Å². The number of oxime groups is 1. The molecule has 0 bridgehead atoms. The highest BCUT2D eigenvalue weighted by Gasteiger charge is 2.54. The van der Waals surface area contributed by atoms with E-state index in [-0.39, 0.29) is 16.9 Å². The lowest BCUT2D eigenvalue weighted by atomic mass is 9.49. The zero-order chi connectivity index (χ0) is 17.1. The van der Waals surface area contributed by atoms with Crippen molar-refractivity contribution < 1.29 is 10.3 Å². The number of aliphatic hydroxyl groups is 1. The van der Waals surface area contributed by atoms with Crippen LogP contribution in [0.4, 0.5) is 0 Å². The Kier molecular flexibility index (Phi) is 3.58. The molecule has 4 aliphatic rings. The molecular formula is C21H29NO2. The van der Waals surface area contributed by atoms with Crippen LogP contribution in [0.15, 0.2) is 40.1 Å². The smallest absolute Gasteiger partial charge is 0.0805 e. The van der Waals surface area contributed by atoms with Gasteiger partial charge in [0.15, 0.2) is 0 Å². The molecule has 0 aliphatic heterocycles. The van der Waals surface area contributed by atoms with Crippen molar-refractivity contribution >= 4 is 5.71 Å². The van der Waals surface area contributed by atoms with Crippen molar-refractivity contribution in [3.8, 4) is 0 Å². The Labute approximate surface area is 144 Å². The van der Waals surface area contributed by atoms with Gasteiger partial charge in [0.25, 0.3) is 0 Å². The molecule has 0 aromatic rings. The van der Waals surface area contributed by atoms with Gasteiger partial charge in [0.2, 0.25) is 0 Å². The van der Waals surface area contributed by atoms with Gasteiger partial charge < -0.3 is 10.3 Å². The summed E-state index contributed by atoms with van der Waals surface area (Å²) in [7, 11) is 0. The first-order valence-corrected chi connectivity index (χ1v) is 9.39. The zero-order valence-corrected chi connectivity index (χ0v) is 15.0. The second-order valence-corrected chi connectivity index (χ2v) is 8.75. The Morgan fingerprint density at radius 3 is 2.75 bits per heavy atom. The van der Waals surface area contributed by atoms with Gasteiger partial charge in [0.05, 0.1) is 11.8 Å². The van der Waals surface area contributed by atoms with Gasteiger partial charge in [0.1, 0.15) is 0 Å². The lowest BCUT2D eigenvalue weighted by molar-refractivity contribution is 0.0353. The van der Waals surface area contributed by atoms with Gasteiger partial charge in [0, 0.05) is 5.41 Å². The molecule has 0 aromatic carbocycles. The van der Waals surface area contributed by atoms with Crippen molar-refractivity contribution in [1.29, 1.82) is 0 Å². The van der Waals surface area contributed by atoms with Gasteiger partial charge in [-0.3, -0.25) is 0 Å². The van der Waals surface area contributed by atoms with Crippen molar-refractivity contribution in [1.82, 2.24) is 0 Å². The second kappa shape index (κ2) is 5.32. The van der Waals surface area contributed by atoms with Gasteiger partial charge in [-0.1, -0.05) is 48.4 Å². The summed E-state index contributed by atoms with van der Waals surface area (Å²) in [4.78, 5) is 0. The summed E-state index contributed by atoms with van der Waals surface area (Å²) < 4.78 is 0. The standard InChI is InChI=1S/C21H29NO2/c1-13(22-24)17-6-7-18-16-5-4-14-12-15(23)8-10-20(14,2)19(16)9-11-21(17,18)3/h4,6-7,15-16,19,23-24H,5,8-12H2,1-3H3/b22-13-. The Morgan fingerprint density at radius 2 is 2.00 bits per heavy atom. The Hall–Kier alpha value is -1.35. The SMILES string of the molecule is C/C(=N/O)C1=CC=C2C3CC=C4CC(O)CCC4(C)C3CCC12C. The summed E-state index contributed by atoms with van der Waals surface area (Å²) in [5.74, 6) is 1.27. The number of allylic oxidation sites excluding steroid dienone is 5. The van der Waals surface area contributed by atoms with Crippen LogP contribution in [0.25, 0.3) is 0 Å². The summed E-state index contributed by atoms with van der Waals surface area (Å²) in [6.45, 7) is 6.67. The van der Waals surface area contributed by atoms with E-state index in [0.29, 0.717) is 11.8 Å². The van der Waals surface area contributed by atoms with Gasteiger partial charge in [-0.15, -0.1) is 0 Å². The summed E-state index contributed by atoms with van der Waals surface area (Å²) in [5, 5.41) is 22.8. The Bertz CT molecular complexity index is 686. The normalized spacial score (nSPS) is 44.8. The molecule has 4 aliphatic carbocycles. The second-order valence-electron chi connectivity index (χ2n) is 8.75. The topological polar surface area (TPSA) is 52.8 Å². The molecule has 0 spiro atoms. The molecule has 24 heavy (non-hydrogen) atoms. The molecule has 3 nitrogen and oxygen atoms in total. The molecule has 3 heteroatoms. The predicted octanol–water partition coefficient (Wildman–Crippen LogP) is 4.62. The van der Waals surface area contributed by atoms with E-state index in [1.54, 1.807) is 5.57 Å². The van der Waals surface area contributed by atoms with Crippen LogP contribution in [-0.4, -0.2) is 22.1 Å². The molecule has 0 heterocycles. The maximum absolute atomic E-state index is 10.1. The van der Waals surface area contributed by atoms with E-state index in [4.69, 9.17) is 0 Å². The first-order chi connectivity index (χ1) is 11.4. The quantitative estimate of drug-likeness (QED) is 0.320. The molecule has 4 rings (SSSR count). The molecule has 0 amide bonds. The van der Waals surface area contributed by atoms with Crippen LogP contribution < -0.4 is 0 Å². The van der Waals surface area contributed by atoms with Crippen molar-refractivity contribution in [2.75, 3.05) is 0 Å². The highest BCUT2D eigenvalue weighted by Crippen LogP contribution is 2.63. The van der Waals surface area contributed by atoms with Crippen LogP contribution in [0.5, 0.6) is 0 Å². The summed E-state index contributed by atoms with van der Waals surface area (Å²) in [5.41, 5.74) is 5.28. The van der Waals surface area contributed by atoms with Gasteiger partial charge in [-0.25, -0.2) is 0 Å². The van der Waals surface area contributed by atoms with Crippen LogP contribution in [-0.2, 0) is 0 Å². The highest BCUT2D eigenvalue weighted by molar-refractivity contribution is 6.00. The largest absolute Gasteiger partial charge is 0.411 e. The molecule has 5 atom stereocenters. The molecule has 5 unspecified atom stereocenters. The average molecular weight is 327 g/mol. The van der Waals surface area contributed by atoms with Gasteiger partial charge in [-0.2, -0.15) is 0 Å². The molecular weight excluding hydrogens is 298 g/mol. The van der Waals surface area contributed by atoms with E-state index >= 15 is 0 Å². The van der Waals surface area contributed by atoms with Crippen molar-refractivity contribution in [3.63, 3.8) is 0 Å². The number of hydrogen-bond acceptors (Lipinski definition) is 3. The molecule has 2 fully saturated rings. The van der Waals surface area contributed by atoms with E-state index in [1.807, 2.05) is 6.92 Å². The predicted molar refractivity (Wildman–Crippen MR) is 96.0 cm³/mol. The minimum atomic E-state index is -0.142. The van der Waals surface area contributed by atoms with Crippen LogP contribution in [0.3, 0.4) is 0 Å². The van der Waals surface area contributed by atoms with Crippen LogP contribution >= 0.6 is 0 Å². The van der Waals surface area contributed by atoms with E-state index < -0.39 is 0 Å². The maximum atomic E-state index is 10.1. The van der Waals surface area contributed by atoms with Crippen molar-refractivity contribution in [2.24, 2.45) is 27.8 Å².